The van der Waals surface area contributed by atoms with Crippen LogP contribution in [0, 0.1) is 5.82 Å². The van der Waals surface area contributed by atoms with Gasteiger partial charge in [-0.25, -0.2) is 14.2 Å². The summed E-state index contributed by atoms with van der Waals surface area (Å²) in [4.78, 5) is 25.7. The van der Waals surface area contributed by atoms with Gasteiger partial charge in [-0.15, -0.1) is 0 Å². The molecule has 0 radical (unpaired) electrons. The van der Waals surface area contributed by atoms with Crippen LogP contribution < -0.4 is 5.32 Å². The van der Waals surface area contributed by atoms with Gasteiger partial charge >= 0.3 is 6.03 Å². The van der Waals surface area contributed by atoms with Crippen molar-refractivity contribution in [2.75, 3.05) is 11.9 Å². The van der Waals surface area contributed by atoms with E-state index in [-0.39, 0.29) is 17.5 Å². The van der Waals surface area contributed by atoms with Crippen molar-refractivity contribution in [1.29, 1.82) is 0 Å². The van der Waals surface area contributed by atoms with Gasteiger partial charge in [-0.1, -0.05) is 66.2 Å². The summed E-state index contributed by atoms with van der Waals surface area (Å²) in [5.74, 6) is -0.652. The lowest BCUT2D eigenvalue weighted by Crippen LogP contribution is -2.30. The first-order valence-electron chi connectivity index (χ1n) is 11.4. The van der Waals surface area contributed by atoms with Crippen molar-refractivity contribution < 1.29 is 14.0 Å². The third-order valence-electron chi connectivity index (χ3n) is 6.00. The number of carbonyl (C=O) groups is 2. The van der Waals surface area contributed by atoms with E-state index in [0.29, 0.717) is 34.1 Å². The second-order valence-corrected chi connectivity index (χ2v) is 8.82. The number of urea groups is 1. The van der Waals surface area contributed by atoms with E-state index in [9.17, 15) is 14.0 Å². The zero-order valence-electron chi connectivity index (χ0n) is 19.1. The lowest BCUT2D eigenvalue weighted by molar-refractivity contribution is 0.103. The van der Waals surface area contributed by atoms with E-state index in [2.05, 4.69) is 10.4 Å². The Kier molecular flexibility index (Phi) is 6.60. The van der Waals surface area contributed by atoms with Gasteiger partial charge in [-0.3, -0.25) is 4.79 Å². The van der Waals surface area contributed by atoms with Crippen molar-refractivity contribution in [3.05, 3.63) is 136 Å². The van der Waals surface area contributed by atoms with Crippen LogP contribution in [0.15, 0.2) is 108 Å². The normalized spacial score (nSPS) is 14.9. The van der Waals surface area contributed by atoms with Gasteiger partial charge in [0.1, 0.15) is 5.82 Å². The van der Waals surface area contributed by atoms with Crippen molar-refractivity contribution in [2.24, 2.45) is 5.10 Å². The largest absolute Gasteiger partial charge is 0.342 e. The Labute approximate surface area is 212 Å². The quantitative estimate of drug-likeness (QED) is 0.310. The molecule has 1 unspecified atom stereocenters. The summed E-state index contributed by atoms with van der Waals surface area (Å²) in [5, 5.41) is 9.40. The molecule has 0 saturated heterocycles. The highest BCUT2D eigenvalue weighted by Crippen LogP contribution is 2.30. The maximum Gasteiger partial charge on any atom is 0.342 e. The Morgan fingerprint density at radius 3 is 2.14 bits per heavy atom. The van der Waals surface area contributed by atoms with E-state index in [1.54, 1.807) is 60.7 Å². The highest BCUT2D eigenvalue weighted by Gasteiger charge is 2.32. The van der Waals surface area contributed by atoms with Gasteiger partial charge in [-0.2, -0.15) is 5.10 Å². The molecule has 0 aromatic heterocycles. The van der Waals surface area contributed by atoms with Gasteiger partial charge in [0, 0.05) is 27.8 Å². The van der Waals surface area contributed by atoms with Crippen molar-refractivity contribution in [3.8, 4) is 0 Å². The number of amides is 2. The summed E-state index contributed by atoms with van der Waals surface area (Å²) in [6, 6.07) is 28.8. The number of nitrogens with one attached hydrogen (secondary N) is 1. The SMILES string of the molecule is O=C(c1ccccc1)c1ccc(NC(=O)N2CC(c3ccc(F)cc3)C(c3ccc(Cl)cc3)=N2)cc1. The maximum atomic E-state index is 13.5. The highest BCUT2D eigenvalue weighted by atomic mass is 35.5. The van der Waals surface area contributed by atoms with Crippen LogP contribution in [0.5, 0.6) is 0 Å². The minimum atomic E-state index is -0.409. The minimum Gasteiger partial charge on any atom is -0.306 e. The number of hydrogen-bond acceptors (Lipinski definition) is 3. The maximum absolute atomic E-state index is 13.5. The summed E-state index contributed by atoms with van der Waals surface area (Å²) in [7, 11) is 0. The highest BCUT2D eigenvalue weighted by molar-refractivity contribution is 6.30. The zero-order valence-corrected chi connectivity index (χ0v) is 19.8. The Hall–Kier alpha value is -4.29. The summed E-state index contributed by atoms with van der Waals surface area (Å²) < 4.78 is 13.5. The molecule has 0 bridgehead atoms. The van der Waals surface area contributed by atoms with Crippen LogP contribution in [0.4, 0.5) is 14.9 Å². The van der Waals surface area contributed by atoms with Crippen molar-refractivity contribution >= 4 is 34.8 Å². The number of nitrogens with zero attached hydrogens (tertiary/aromatic N) is 2. The summed E-state index contributed by atoms with van der Waals surface area (Å²) in [6.07, 6.45) is 0. The van der Waals surface area contributed by atoms with E-state index < -0.39 is 6.03 Å². The molecule has 0 fully saturated rings. The molecule has 178 valence electrons. The van der Waals surface area contributed by atoms with Gasteiger partial charge in [0.15, 0.2) is 5.78 Å². The number of anilines is 1. The molecule has 36 heavy (non-hydrogen) atoms. The Balaban J connectivity index is 1.35. The fraction of sp³-hybridized carbons (Fsp3) is 0.0690. The molecular formula is C29H21ClFN3O2. The summed E-state index contributed by atoms with van der Waals surface area (Å²) in [5.41, 5.74) is 4.04. The van der Waals surface area contributed by atoms with E-state index in [4.69, 9.17) is 11.6 Å². The lowest BCUT2D eigenvalue weighted by Gasteiger charge is -2.16. The van der Waals surface area contributed by atoms with E-state index >= 15 is 0 Å². The van der Waals surface area contributed by atoms with Crippen LogP contribution >= 0.6 is 11.6 Å². The van der Waals surface area contributed by atoms with Crippen molar-refractivity contribution in [1.82, 2.24) is 5.01 Å². The number of hydrazone groups is 1. The Morgan fingerprint density at radius 2 is 1.47 bits per heavy atom. The number of hydrogen-bond donors (Lipinski definition) is 1. The smallest absolute Gasteiger partial charge is 0.306 e. The second kappa shape index (κ2) is 10.1. The third-order valence-corrected chi connectivity index (χ3v) is 6.25. The predicted molar refractivity (Wildman–Crippen MR) is 139 cm³/mol. The van der Waals surface area contributed by atoms with Crippen LogP contribution in [-0.4, -0.2) is 29.1 Å². The van der Waals surface area contributed by atoms with Gasteiger partial charge in [0.2, 0.25) is 0 Å². The molecule has 1 heterocycles. The number of ketones is 1. The second-order valence-electron chi connectivity index (χ2n) is 8.38. The minimum absolute atomic E-state index is 0.0904. The molecule has 1 N–H and O–H groups in total. The van der Waals surface area contributed by atoms with Crippen molar-refractivity contribution in [3.63, 3.8) is 0 Å². The average Bonchev–Trinajstić information content (AvgIpc) is 3.36. The molecule has 4 aromatic carbocycles. The molecule has 5 rings (SSSR count). The van der Waals surface area contributed by atoms with Crippen LogP contribution in [0.2, 0.25) is 5.02 Å². The number of benzene rings is 4. The summed E-state index contributed by atoms with van der Waals surface area (Å²) in [6.45, 7) is 0.292. The summed E-state index contributed by atoms with van der Waals surface area (Å²) >= 11 is 6.05. The standard InChI is InChI=1S/C29H21ClFN3O2/c30-23-12-6-20(7-13-23)27-26(19-8-14-24(31)15-9-19)18-34(33-27)29(36)32-25-16-10-22(11-17-25)28(35)21-4-2-1-3-5-21/h1-17,26H,18H2,(H,32,36). The molecule has 0 aliphatic carbocycles. The van der Waals surface area contributed by atoms with E-state index in [0.717, 1.165) is 11.1 Å². The molecule has 5 nitrogen and oxygen atoms in total. The van der Waals surface area contributed by atoms with Crippen LogP contribution in [0.1, 0.15) is 33.0 Å². The van der Waals surface area contributed by atoms with E-state index in [1.165, 1.54) is 17.1 Å². The molecule has 7 heteroatoms. The molecular weight excluding hydrogens is 477 g/mol. The lowest BCUT2D eigenvalue weighted by atomic mass is 9.90. The first-order valence-corrected chi connectivity index (χ1v) is 11.7. The zero-order chi connectivity index (χ0) is 25.1. The van der Waals surface area contributed by atoms with Gasteiger partial charge < -0.3 is 5.32 Å². The third kappa shape index (κ3) is 5.04. The molecule has 1 aliphatic heterocycles. The van der Waals surface area contributed by atoms with Gasteiger partial charge in [-0.05, 0) is 59.7 Å². The first-order chi connectivity index (χ1) is 17.5. The van der Waals surface area contributed by atoms with Crippen LogP contribution in [-0.2, 0) is 0 Å². The van der Waals surface area contributed by atoms with Gasteiger partial charge in [0.05, 0.1) is 12.3 Å². The van der Waals surface area contributed by atoms with Crippen LogP contribution in [0.25, 0.3) is 0 Å². The average molecular weight is 498 g/mol. The Bertz CT molecular complexity index is 1420. The fourth-order valence-corrected chi connectivity index (χ4v) is 4.24. The van der Waals surface area contributed by atoms with E-state index in [1.807, 2.05) is 30.3 Å². The molecule has 1 aliphatic rings. The van der Waals surface area contributed by atoms with Crippen molar-refractivity contribution in [2.45, 2.75) is 5.92 Å². The molecule has 1 atom stereocenters. The molecule has 2 amide bonds. The number of carbonyl (C=O) groups excluding carboxylic acids is 2. The first kappa shape index (κ1) is 23.5. The number of rotatable bonds is 5. The predicted octanol–water partition coefficient (Wildman–Crippen LogP) is 6.75. The topological polar surface area (TPSA) is 61.8 Å². The Morgan fingerprint density at radius 1 is 0.833 bits per heavy atom. The number of halogens is 2. The molecule has 4 aromatic rings. The monoisotopic (exact) mass is 497 g/mol. The van der Waals surface area contributed by atoms with Crippen LogP contribution in [0.3, 0.4) is 0 Å². The molecule has 0 saturated carbocycles. The molecule has 0 spiro atoms. The van der Waals surface area contributed by atoms with Gasteiger partial charge in [0.25, 0.3) is 0 Å². The fourth-order valence-electron chi connectivity index (χ4n) is 4.12.